The molecule has 6 heteroatoms. The molecule has 126 valence electrons. The van der Waals surface area contributed by atoms with E-state index in [1.807, 2.05) is 61.2 Å². The summed E-state index contributed by atoms with van der Waals surface area (Å²) in [5.74, 6) is 0.807. The van der Waals surface area contributed by atoms with Crippen molar-refractivity contribution in [1.29, 1.82) is 0 Å². The van der Waals surface area contributed by atoms with Crippen LogP contribution in [0, 0.1) is 0 Å². The molecule has 0 unspecified atom stereocenters. The molecule has 26 heavy (non-hydrogen) atoms. The van der Waals surface area contributed by atoms with Crippen LogP contribution in [0.15, 0.2) is 73.3 Å². The van der Waals surface area contributed by atoms with Crippen LogP contribution in [0.3, 0.4) is 0 Å². The first-order valence-corrected chi connectivity index (χ1v) is 8.42. The molecule has 5 aromatic rings. The third-order valence-electron chi connectivity index (χ3n) is 4.48. The van der Waals surface area contributed by atoms with Gasteiger partial charge in [-0.15, -0.1) is 0 Å². The van der Waals surface area contributed by atoms with Crippen molar-refractivity contribution in [2.75, 3.05) is 5.32 Å². The number of para-hydroxylation sites is 2. The van der Waals surface area contributed by atoms with Gasteiger partial charge in [0, 0.05) is 12.1 Å². The molecular weight excluding hydrogens is 324 g/mol. The summed E-state index contributed by atoms with van der Waals surface area (Å²) in [5, 5.41) is 10.7. The number of nitrogens with one attached hydrogen (secondary N) is 2. The van der Waals surface area contributed by atoms with E-state index in [4.69, 9.17) is 4.98 Å². The van der Waals surface area contributed by atoms with Gasteiger partial charge in [0.2, 0.25) is 0 Å². The molecule has 0 saturated carbocycles. The van der Waals surface area contributed by atoms with E-state index in [1.165, 1.54) is 0 Å². The SMILES string of the molecule is c1ccc(-c2[nH]ncc2CNc2nc3ccccc3n3cncc23)cc1. The predicted octanol–water partition coefficient (Wildman–Crippen LogP) is 3.88. The first-order chi connectivity index (χ1) is 12.9. The second-order valence-electron chi connectivity index (χ2n) is 6.09. The van der Waals surface area contributed by atoms with Crippen molar-refractivity contribution in [2.24, 2.45) is 0 Å². The number of aromatic amines is 1. The van der Waals surface area contributed by atoms with Crippen molar-refractivity contribution in [3.8, 4) is 11.3 Å². The number of hydrogen-bond donors (Lipinski definition) is 2. The smallest absolute Gasteiger partial charge is 0.153 e. The van der Waals surface area contributed by atoms with Crippen molar-refractivity contribution in [2.45, 2.75) is 6.54 Å². The Morgan fingerprint density at radius 2 is 1.77 bits per heavy atom. The van der Waals surface area contributed by atoms with Gasteiger partial charge in [0.25, 0.3) is 0 Å². The van der Waals surface area contributed by atoms with Crippen molar-refractivity contribution in [3.05, 3.63) is 78.9 Å². The summed E-state index contributed by atoms with van der Waals surface area (Å²) in [4.78, 5) is 9.06. The Bertz CT molecular complexity index is 1190. The molecule has 0 saturated heterocycles. The van der Waals surface area contributed by atoms with Crippen LogP contribution in [-0.2, 0) is 6.54 Å². The minimum atomic E-state index is 0.618. The van der Waals surface area contributed by atoms with E-state index >= 15 is 0 Å². The van der Waals surface area contributed by atoms with Crippen molar-refractivity contribution in [3.63, 3.8) is 0 Å². The molecular formula is C20H16N6. The number of fused-ring (bicyclic) bond motifs is 3. The van der Waals surface area contributed by atoms with Gasteiger partial charge in [0.1, 0.15) is 5.52 Å². The third-order valence-corrected chi connectivity index (χ3v) is 4.48. The minimum absolute atomic E-state index is 0.618. The molecule has 6 nitrogen and oxygen atoms in total. The lowest BCUT2D eigenvalue weighted by Crippen LogP contribution is -2.04. The van der Waals surface area contributed by atoms with Crippen LogP contribution < -0.4 is 5.32 Å². The van der Waals surface area contributed by atoms with E-state index in [1.54, 1.807) is 0 Å². The molecule has 3 heterocycles. The highest BCUT2D eigenvalue weighted by Crippen LogP contribution is 2.24. The zero-order chi connectivity index (χ0) is 17.3. The number of imidazole rings is 1. The van der Waals surface area contributed by atoms with Gasteiger partial charge < -0.3 is 5.32 Å². The molecule has 3 aromatic heterocycles. The topological polar surface area (TPSA) is 70.9 Å². The minimum Gasteiger partial charge on any atom is -0.364 e. The maximum Gasteiger partial charge on any atom is 0.153 e. The highest BCUT2D eigenvalue weighted by Gasteiger charge is 2.11. The van der Waals surface area contributed by atoms with Crippen molar-refractivity contribution >= 4 is 22.4 Å². The van der Waals surface area contributed by atoms with Gasteiger partial charge in [-0.1, -0.05) is 42.5 Å². The molecule has 0 spiro atoms. The molecule has 0 aliphatic carbocycles. The summed E-state index contributed by atoms with van der Waals surface area (Å²) < 4.78 is 2.05. The van der Waals surface area contributed by atoms with Gasteiger partial charge in [-0.05, 0) is 17.7 Å². The van der Waals surface area contributed by atoms with Gasteiger partial charge in [-0.3, -0.25) is 9.50 Å². The second-order valence-corrected chi connectivity index (χ2v) is 6.09. The molecule has 0 bridgehead atoms. The average Bonchev–Trinajstić information content (AvgIpc) is 3.36. The van der Waals surface area contributed by atoms with E-state index in [0.29, 0.717) is 6.54 Å². The number of benzene rings is 2. The number of anilines is 1. The Morgan fingerprint density at radius 3 is 2.69 bits per heavy atom. The van der Waals surface area contributed by atoms with Crippen molar-refractivity contribution < 1.29 is 0 Å². The highest BCUT2D eigenvalue weighted by atomic mass is 15.1. The standard InChI is InChI=1S/C20H16N6/c1-2-6-14(7-3-1)19-15(11-23-25-19)10-22-20-18-12-21-13-26(18)17-9-5-4-8-16(17)24-20/h1-9,11-13H,10H2,(H,22,24)(H,23,25). The van der Waals surface area contributed by atoms with Crippen LogP contribution >= 0.6 is 0 Å². The molecule has 0 aliphatic rings. The molecule has 0 radical (unpaired) electrons. The van der Waals surface area contributed by atoms with Gasteiger partial charge in [-0.25, -0.2) is 9.97 Å². The van der Waals surface area contributed by atoms with Crippen LogP contribution in [-0.4, -0.2) is 24.6 Å². The van der Waals surface area contributed by atoms with Crippen LogP contribution in [0.5, 0.6) is 0 Å². The van der Waals surface area contributed by atoms with Gasteiger partial charge in [0.05, 0.1) is 35.4 Å². The Labute approximate surface area is 149 Å². The molecule has 0 aliphatic heterocycles. The predicted molar refractivity (Wildman–Crippen MR) is 102 cm³/mol. The highest BCUT2D eigenvalue weighted by molar-refractivity contribution is 5.84. The van der Waals surface area contributed by atoms with E-state index in [9.17, 15) is 0 Å². The zero-order valence-corrected chi connectivity index (χ0v) is 13.9. The van der Waals surface area contributed by atoms with Crippen LogP contribution in [0.1, 0.15) is 5.56 Å². The Hall–Kier alpha value is -3.67. The third kappa shape index (κ3) is 2.39. The fourth-order valence-corrected chi connectivity index (χ4v) is 3.21. The van der Waals surface area contributed by atoms with Gasteiger partial charge in [0.15, 0.2) is 5.82 Å². The summed E-state index contributed by atoms with van der Waals surface area (Å²) in [6.45, 7) is 0.618. The maximum atomic E-state index is 4.77. The van der Waals surface area contributed by atoms with Crippen LogP contribution in [0.2, 0.25) is 0 Å². The maximum absolute atomic E-state index is 4.77. The van der Waals surface area contributed by atoms with E-state index in [2.05, 4.69) is 37.0 Å². The summed E-state index contributed by atoms with van der Waals surface area (Å²) >= 11 is 0. The Kier molecular flexibility index (Phi) is 3.38. The Balaban J connectivity index is 1.51. The quantitative estimate of drug-likeness (QED) is 0.521. The summed E-state index contributed by atoms with van der Waals surface area (Å²) in [7, 11) is 0. The number of rotatable bonds is 4. The lowest BCUT2D eigenvalue weighted by atomic mass is 10.1. The number of H-pyrrole nitrogens is 1. The Morgan fingerprint density at radius 1 is 0.923 bits per heavy atom. The van der Waals surface area contributed by atoms with Gasteiger partial charge >= 0.3 is 0 Å². The van der Waals surface area contributed by atoms with E-state index in [-0.39, 0.29) is 0 Å². The monoisotopic (exact) mass is 340 g/mol. The lowest BCUT2D eigenvalue weighted by Gasteiger charge is -2.10. The normalized spacial score (nSPS) is 11.2. The molecule has 2 aromatic carbocycles. The second kappa shape index (κ2) is 6.00. The number of nitrogens with zero attached hydrogens (tertiary/aromatic N) is 4. The van der Waals surface area contributed by atoms with Crippen LogP contribution in [0.4, 0.5) is 5.82 Å². The summed E-state index contributed by atoms with van der Waals surface area (Å²) in [6.07, 6.45) is 5.50. The van der Waals surface area contributed by atoms with Gasteiger partial charge in [-0.2, -0.15) is 5.10 Å². The van der Waals surface area contributed by atoms with E-state index < -0.39 is 0 Å². The fourth-order valence-electron chi connectivity index (χ4n) is 3.21. The van der Waals surface area contributed by atoms with Crippen LogP contribution in [0.25, 0.3) is 27.8 Å². The van der Waals surface area contributed by atoms with E-state index in [0.717, 1.165) is 39.2 Å². The molecule has 0 atom stereocenters. The number of aromatic nitrogens is 5. The fraction of sp³-hybridized carbons (Fsp3) is 0.0500. The summed E-state index contributed by atoms with van der Waals surface area (Å²) in [6, 6.07) is 18.2. The van der Waals surface area contributed by atoms with Crippen molar-refractivity contribution in [1.82, 2.24) is 24.6 Å². The first kappa shape index (κ1) is 14.7. The molecule has 0 fully saturated rings. The molecule has 5 rings (SSSR count). The average molecular weight is 340 g/mol. The molecule has 2 N–H and O–H groups in total. The summed E-state index contributed by atoms with van der Waals surface area (Å²) in [5.41, 5.74) is 6.14. The zero-order valence-electron chi connectivity index (χ0n) is 13.9. The first-order valence-electron chi connectivity index (χ1n) is 8.42. The lowest BCUT2D eigenvalue weighted by molar-refractivity contribution is 1.09. The largest absolute Gasteiger partial charge is 0.364 e. The molecule has 0 amide bonds. The number of hydrogen-bond acceptors (Lipinski definition) is 4.